The molecule has 1 aliphatic rings. The molecule has 3 heterocycles. The Hall–Kier alpha value is -2.31. The van der Waals surface area contributed by atoms with Gasteiger partial charge in [0.15, 0.2) is 0 Å². The number of fused-ring (bicyclic) bond motifs is 3. The van der Waals surface area contributed by atoms with Crippen molar-refractivity contribution in [2.75, 3.05) is 5.32 Å². The van der Waals surface area contributed by atoms with Crippen molar-refractivity contribution < 1.29 is 9.53 Å². The number of hydrogen-bond acceptors (Lipinski definition) is 5. The SMILES string of the molecule is CC1=C(C(=O)OC(C)C)C(c2ccsc2)n2c(nc3ccc(Cl)cc32)N1. The summed E-state index contributed by atoms with van der Waals surface area (Å²) in [5.74, 6) is 0.368. The van der Waals surface area contributed by atoms with E-state index in [9.17, 15) is 4.79 Å². The molecule has 0 radical (unpaired) electrons. The molecule has 0 spiro atoms. The topological polar surface area (TPSA) is 56.2 Å². The quantitative estimate of drug-likeness (QED) is 0.643. The smallest absolute Gasteiger partial charge is 0.338 e. The summed E-state index contributed by atoms with van der Waals surface area (Å²) in [5.41, 5.74) is 4.05. The third kappa shape index (κ3) is 2.79. The maximum absolute atomic E-state index is 12.9. The summed E-state index contributed by atoms with van der Waals surface area (Å²) >= 11 is 7.82. The number of rotatable bonds is 3. The molecule has 1 aliphatic heterocycles. The highest BCUT2D eigenvalue weighted by Gasteiger charge is 2.35. The van der Waals surface area contributed by atoms with Gasteiger partial charge in [-0.2, -0.15) is 11.3 Å². The van der Waals surface area contributed by atoms with E-state index in [2.05, 4.69) is 10.3 Å². The molecule has 0 amide bonds. The summed E-state index contributed by atoms with van der Waals surface area (Å²) in [4.78, 5) is 17.6. The van der Waals surface area contributed by atoms with Crippen LogP contribution in [-0.4, -0.2) is 21.6 Å². The molecule has 5 nitrogen and oxygen atoms in total. The molecular formula is C19H18ClN3O2S. The molecule has 134 valence electrons. The molecule has 0 saturated carbocycles. The first-order valence-electron chi connectivity index (χ1n) is 8.34. The van der Waals surface area contributed by atoms with Gasteiger partial charge in [-0.25, -0.2) is 9.78 Å². The minimum absolute atomic E-state index is 0.193. The van der Waals surface area contributed by atoms with Gasteiger partial charge in [-0.1, -0.05) is 11.6 Å². The molecule has 0 fully saturated rings. The highest BCUT2D eigenvalue weighted by Crippen LogP contribution is 2.40. The van der Waals surface area contributed by atoms with Crippen molar-refractivity contribution in [1.82, 2.24) is 9.55 Å². The molecule has 1 aromatic carbocycles. The number of allylic oxidation sites excluding steroid dienone is 1. The molecule has 7 heteroatoms. The van der Waals surface area contributed by atoms with Crippen LogP contribution in [0.1, 0.15) is 32.4 Å². The summed E-state index contributed by atoms with van der Waals surface area (Å²) in [7, 11) is 0. The van der Waals surface area contributed by atoms with Crippen molar-refractivity contribution in [3.63, 3.8) is 0 Å². The van der Waals surface area contributed by atoms with Gasteiger partial charge < -0.3 is 10.1 Å². The van der Waals surface area contributed by atoms with Crippen LogP contribution in [0, 0.1) is 0 Å². The summed E-state index contributed by atoms with van der Waals surface area (Å²) < 4.78 is 7.54. The van der Waals surface area contributed by atoms with E-state index in [4.69, 9.17) is 16.3 Å². The van der Waals surface area contributed by atoms with Crippen molar-refractivity contribution in [3.05, 3.63) is 56.9 Å². The standard InChI is InChI=1S/C19H18ClN3O2S/c1-10(2)25-18(24)16-11(3)21-19-22-14-5-4-13(20)8-15(14)23(19)17(16)12-6-7-26-9-12/h4-10,17H,1-3H3,(H,21,22). The number of aromatic nitrogens is 2. The lowest BCUT2D eigenvalue weighted by Crippen LogP contribution is -2.29. The fourth-order valence-electron chi connectivity index (χ4n) is 3.27. The first-order valence-corrected chi connectivity index (χ1v) is 9.66. The Morgan fingerprint density at radius 2 is 2.19 bits per heavy atom. The number of carbonyl (C=O) groups is 1. The molecule has 3 aromatic rings. The van der Waals surface area contributed by atoms with Crippen molar-refractivity contribution in [2.45, 2.75) is 32.9 Å². The number of esters is 1. The van der Waals surface area contributed by atoms with Gasteiger partial charge in [-0.3, -0.25) is 4.57 Å². The highest BCUT2D eigenvalue weighted by atomic mass is 35.5. The van der Waals surface area contributed by atoms with Crippen LogP contribution in [0.2, 0.25) is 5.02 Å². The van der Waals surface area contributed by atoms with Crippen LogP contribution < -0.4 is 5.32 Å². The van der Waals surface area contributed by atoms with E-state index in [-0.39, 0.29) is 18.1 Å². The van der Waals surface area contributed by atoms with Crippen LogP contribution in [-0.2, 0) is 9.53 Å². The lowest BCUT2D eigenvalue weighted by Gasteiger charge is -2.30. The second kappa shape index (κ2) is 6.45. The Morgan fingerprint density at radius 1 is 1.38 bits per heavy atom. The van der Waals surface area contributed by atoms with Crippen LogP contribution >= 0.6 is 22.9 Å². The molecule has 0 aliphatic carbocycles. The van der Waals surface area contributed by atoms with Gasteiger partial charge >= 0.3 is 5.97 Å². The van der Waals surface area contributed by atoms with Crippen LogP contribution in [0.5, 0.6) is 0 Å². The third-order valence-electron chi connectivity index (χ3n) is 4.31. The van der Waals surface area contributed by atoms with Gasteiger partial charge in [-0.15, -0.1) is 0 Å². The lowest BCUT2D eigenvalue weighted by atomic mass is 9.97. The largest absolute Gasteiger partial charge is 0.459 e. The van der Waals surface area contributed by atoms with Crippen molar-refractivity contribution in [1.29, 1.82) is 0 Å². The van der Waals surface area contributed by atoms with Crippen molar-refractivity contribution in [3.8, 4) is 0 Å². The first-order chi connectivity index (χ1) is 12.5. The van der Waals surface area contributed by atoms with Crippen LogP contribution in [0.15, 0.2) is 46.3 Å². The summed E-state index contributed by atoms with van der Waals surface area (Å²) in [6.45, 7) is 5.58. The van der Waals surface area contributed by atoms with Gasteiger partial charge in [0, 0.05) is 10.7 Å². The Bertz CT molecular complexity index is 1020. The molecule has 2 aromatic heterocycles. The number of ether oxygens (including phenoxy) is 1. The van der Waals surface area contributed by atoms with Gasteiger partial charge in [-0.05, 0) is 61.4 Å². The molecule has 1 N–H and O–H groups in total. The van der Waals surface area contributed by atoms with Gasteiger partial charge in [0.25, 0.3) is 0 Å². The number of halogens is 1. The van der Waals surface area contributed by atoms with E-state index in [0.717, 1.165) is 22.3 Å². The van der Waals surface area contributed by atoms with E-state index in [1.165, 1.54) is 0 Å². The van der Waals surface area contributed by atoms with E-state index >= 15 is 0 Å². The van der Waals surface area contributed by atoms with Crippen LogP contribution in [0.25, 0.3) is 11.0 Å². The summed E-state index contributed by atoms with van der Waals surface area (Å²) in [6.07, 6.45) is -0.193. The lowest BCUT2D eigenvalue weighted by molar-refractivity contribution is -0.143. The maximum Gasteiger partial charge on any atom is 0.338 e. The fourth-order valence-corrected chi connectivity index (χ4v) is 4.12. The predicted octanol–water partition coefficient (Wildman–Crippen LogP) is 4.99. The normalized spacial score (nSPS) is 16.7. The number of imidazole rings is 1. The molecule has 0 saturated heterocycles. The maximum atomic E-state index is 12.9. The van der Waals surface area contributed by atoms with Crippen molar-refractivity contribution in [2.24, 2.45) is 0 Å². The number of carbonyl (C=O) groups excluding carboxylic acids is 1. The predicted molar refractivity (Wildman–Crippen MR) is 105 cm³/mol. The Kier molecular flexibility index (Phi) is 4.25. The fraction of sp³-hybridized carbons (Fsp3) is 0.263. The Balaban J connectivity index is 1.95. The Labute approximate surface area is 160 Å². The van der Waals surface area contributed by atoms with Gasteiger partial charge in [0.1, 0.15) is 0 Å². The number of anilines is 1. The third-order valence-corrected chi connectivity index (χ3v) is 5.24. The van der Waals surface area contributed by atoms with Gasteiger partial charge in [0.05, 0.1) is 28.8 Å². The Morgan fingerprint density at radius 3 is 2.88 bits per heavy atom. The van der Waals surface area contributed by atoms with E-state index in [0.29, 0.717) is 16.5 Å². The minimum Gasteiger partial charge on any atom is -0.459 e. The minimum atomic E-state index is -0.323. The van der Waals surface area contributed by atoms with Crippen LogP contribution in [0.4, 0.5) is 5.95 Å². The number of benzene rings is 1. The van der Waals surface area contributed by atoms with Gasteiger partial charge in [0.2, 0.25) is 5.95 Å². The number of nitrogens with one attached hydrogen (secondary N) is 1. The average molecular weight is 388 g/mol. The first kappa shape index (κ1) is 17.1. The number of hydrogen-bond donors (Lipinski definition) is 1. The number of nitrogens with zero attached hydrogens (tertiary/aromatic N) is 2. The second-order valence-electron chi connectivity index (χ2n) is 6.52. The molecule has 1 atom stereocenters. The number of thiophene rings is 1. The molecule has 0 bridgehead atoms. The molecular weight excluding hydrogens is 370 g/mol. The van der Waals surface area contributed by atoms with E-state index < -0.39 is 0 Å². The zero-order chi connectivity index (χ0) is 18.4. The zero-order valence-corrected chi connectivity index (χ0v) is 16.2. The van der Waals surface area contributed by atoms with Crippen LogP contribution in [0.3, 0.4) is 0 Å². The molecule has 4 rings (SSSR count). The average Bonchev–Trinajstić information content (AvgIpc) is 3.20. The highest BCUT2D eigenvalue weighted by molar-refractivity contribution is 7.08. The second-order valence-corrected chi connectivity index (χ2v) is 7.73. The van der Waals surface area contributed by atoms with Crippen molar-refractivity contribution >= 4 is 45.9 Å². The molecule has 1 unspecified atom stereocenters. The van der Waals surface area contributed by atoms with E-state index in [1.54, 1.807) is 11.3 Å². The molecule has 26 heavy (non-hydrogen) atoms. The summed E-state index contributed by atoms with van der Waals surface area (Å²) in [6, 6.07) is 7.29. The van der Waals surface area contributed by atoms with E-state index in [1.807, 2.05) is 60.4 Å². The summed E-state index contributed by atoms with van der Waals surface area (Å²) in [5, 5.41) is 7.93. The zero-order valence-electron chi connectivity index (χ0n) is 14.6. The monoisotopic (exact) mass is 387 g/mol.